The molecule has 0 aromatic rings. The van der Waals surface area contributed by atoms with Crippen LogP contribution in [0.3, 0.4) is 0 Å². The monoisotopic (exact) mass is 168 g/mol. The summed E-state index contributed by atoms with van der Waals surface area (Å²) in [5, 5.41) is 2.61. The van der Waals surface area contributed by atoms with Crippen LogP contribution in [0.5, 0.6) is 0 Å². The summed E-state index contributed by atoms with van der Waals surface area (Å²) in [6, 6.07) is 0. The van der Waals surface area contributed by atoms with Gasteiger partial charge in [-0.1, -0.05) is 19.8 Å². The minimum atomic E-state index is -0.127. The Kier molecular flexibility index (Phi) is 5.14. The summed E-state index contributed by atoms with van der Waals surface area (Å²) in [4.78, 5) is 11.3. The largest absolute Gasteiger partial charge is 0.345 e. The van der Waals surface area contributed by atoms with Crippen LogP contribution in [0.1, 0.15) is 13.8 Å². The second kappa shape index (κ2) is 5.62. The van der Waals surface area contributed by atoms with Crippen LogP contribution in [-0.4, -0.2) is 19.0 Å². The summed E-state index contributed by atoms with van der Waals surface area (Å²) in [6.07, 6.45) is 5.00. The molecule has 3 heteroatoms. The van der Waals surface area contributed by atoms with Crippen LogP contribution in [0.2, 0.25) is 0 Å². The summed E-state index contributed by atoms with van der Waals surface area (Å²) in [5.74, 6) is 2.42. The fraction of sp³-hybridized carbons (Fsp3) is 0.667. The molecule has 0 aliphatic rings. The van der Waals surface area contributed by atoms with E-state index >= 15 is 0 Å². The highest BCUT2D eigenvalue weighted by Gasteiger charge is 2.19. The standard InChI is InChI=1S/C9H16N2O/c1-4-5-11-9(12)8(6-10)7(2)3/h1,7-8H,5-6,10H2,2-3H3,(H,11,12). The first kappa shape index (κ1) is 11.0. The Morgan fingerprint density at radius 1 is 1.67 bits per heavy atom. The van der Waals surface area contributed by atoms with E-state index in [1.807, 2.05) is 13.8 Å². The molecule has 3 N–H and O–H groups in total. The molecular weight excluding hydrogens is 152 g/mol. The van der Waals surface area contributed by atoms with Gasteiger partial charge in [-0.3, -0.25) is 4.79 Å². The zero-order chi connectivity index (χ0) is 9.56. The van der Waals surface area contributed by atoms with Crippen molar-refractivity contribution in [2.75, 3.05) is 13.1 Å². The Bertz CT molecular complexity index is 181. The van der Waals surface area contributed by atoms with E-state index in [9.17, 15) is 4.79 Å². The molecule has 0 spiro atoms. The second-order valence-corrected chi connectivity index (χ2v) is 3.01. The van der Waals surface area contributed by atoms with Gasteiger partial charge in [-0.2, -0.15) is 0 Å². The van der Waals surface area contributed by atoms with Crippen molar-refractivity contribution in [3.05, 3.63) is 0 Å². The third-order valence-corrected chi connectivity index (χ3v) is 1.76. The van der Waals surface area contributed by atoms with Crippen molar-refractivity contribution >= 4 is 5.91 Å². The molecule has 12 heavy (non-hydrogen) atoms. The number of hydrogen-bond acceptors (Lipinski definition) is 2. The first-order chi connectivity index (χ1) is 5.63. The highest BCUT2D eigenvalue weighted by atomic mass is 16.1. The molecule has 1 atom stereocenters. The van der Waals surface area contributed by atoms with Crippen LogP contribution in [0.4, 0.5) is 0 Å². The summed E-state index contributed by atoms with van der Waals surface area (Å²) in [5.41, 5.74) is 5.43. The van der Waals surface area contributed by atoms with Crippen LogP contribution in [0.15, 0.2) is 0 Å². The van der Waals surface area contributed by atoms with Crippen molar-refractivity contribution < 1.29 is 4.79 Å². The van der Waals surface area contributed by atoms with Gasteiger partial charge in [-0.15, -0.1) is 6.42 Å². The second-order valence-electron chi connectivity index (χ2n) is 3.01. The van der Waals surface area contributed by atoms with Gasteiger partial charge in [-0.05, 0) is 5.92 Å². The van der Waals surface area contributed by atoms with Gasteiger partial charge in [0.1, 0.15) is 0 Å². The molecule has 1 unspecified atom stereocenters. The van der Waals surface area contributed by atoms with Crippen molar-refractivity contribution in [2.24, 2.45) is 17.6 Å². The van der Waals surface area contributed by atoms with E-state index in [0.717, 1.165) is 0 Å². The highest BCUT2D eigenvalue weighted by molar-refractivity contribution is 5.79. The predicted octanol–water partition coefficient (Wildman–Crippen LogP) is -0.0333. The number of hydrogen-bond donors (Lipinski definition) is 2. The molecule has 1 amide bonds. The Morgan fingerprint density at radius 2 is 2.25 bits per heavy atom. The summed E-state index contributed by atoms with van der Waals surface area (Å²) in [7, 11) is 0. The van der Waals surface area contributed by atoms with Gasteiger partial charge in [0, 0.05) is 6.54 Å². The van der Waals surface area contributed by atoms with Gasteiger partial charge in [0.2, 0.25) is 5.91 Å². The molecule has 0 aliphatic carbocycles. The maximum atomic E-state index is 11.3. The topological polar surface area (TPSA) is 55.1 Å². The molecule has 0 aromatic heterocycles. The molecule has 3 nitrogen and oxygen atoms in total. The average Bonchev–Trinajstić information content (AvgIpc) is 2.01. The molecule has 0 bridgehead atoms. The molecule has 0 heterocycles. The van der Waals surface area contributed by atoms with Crippen LogP contribution < -0.4 is 11.1 Å². The number of carbonyl (C=O) groups excluding carboxylic acids is 1. The molecule has 0 saturated heterocycles. The maximum Gasteiger partial charge on any atom is 0.225 e. The molecule has 0 aliphatic heterocycles. The lowest BCUT2D eigenvalue weighted by molar-refractivity contribution is -0.125. The first-order valence-electron chi connectivity index (χ1n) is 4.04. The highest BCUT2D eigenvalue weighted by Crippen LogP contribution is 2.08. The van der Waals surface area contributed by atoms with Gasteiger partial charge in [0.05, 0.1) is 12.5 Å². The number of terminal acetylenes is 1. The van der Waals surface area contributed by atoms with Crippen molar-refractivity contribution in [2.45, 2.75) is 13.8 Å². The van der Waals surface area contributed by atoms with Crippen LogP contribution in [-0.2, 0) is 4.79 Å². The van der Waals surface area contributed by atoms with Crippen LogP contribution in [0, 0.1) is 24.2 Å². The molecule has 0 radical (unpaired) electrons. The Balaban J connectivity index is 3.96. The minimum absolute atomic E-state index is 0.0505. The lowest BCUT2D eigenvalue weighted by atomic mass is 9.95. The Labute approximate surface area is 73.7 Å². The van der Waals surface area contributed by atoms with Crippen molar-refractivity contribution in [3.8, 4) is 12.3 Å². The molecule has 0 fully saturated rings. The number of nitrogens with one attached hydrogen (secondary N) is 1. The van der Waals surface area contributed by atoms with E-state index in [4.69, 9.17) is 12.2 Å². The van der Waals surface area contributed by atoms with E-state index in [-0.39, 0.29) is 24.3 Å². The lowest BCUT2D eigenvalue weighted by Crippen LogP contribution is -2.38. The van der Waals surface area contributed by atoms with Crippen molar-refractivity contribution in [1.29, 1.82) is 0 Å². The number of amides is 1. The number of nitrogens with two attached hydrogens (primary N) is 1. The van der Waals surface area contributed by atoms with E-state index in [1.54, 1.807) is 0 Å². The predicted molar refractivity (Wildman–Crippen MR) is 49.2 cm³/mol. The molecule has 0 saturated carbocycles. The molecule has 0 rings (SSSR count). The average molecular weight is 168 g/mol. The molecular formula is C9H16N2O. The molecule has 68 valence electrons. The first-order valence-corrected chi connectivity index (χ1v) is 4.04. The quantitative estimate of drug-likeness (QED) is 0.579. The number of rotatable bonds is 4. The lowest BCUT2D eigenvalue weighted by Gasteiger charge is -2.16. The van der Waals surface area contributed by atoms with Crippen LogP contribution >= 0.6 is 0 Å². The Morgan fingerprint density at radius 3 is 2.58 bits per heavy atom. The van der Waals surface area contributed by atoms with Gasteiger partial charge in [-0.25, -0.2) is 0 Å². The minimum Gasteiger partial charge on any atom is -0.345 e. The van der Waals surface area contributed by atoms with Crippen molar-refractivity contribution in [1.82, 2.24) is 5.32 Å². The van der Waals surface area contributed by atoms with E-state index in [1.165, 1.54) is 0 Å². The van der Waals surface area contributed by atoms with Crippen LogP contribution in [0.25, 0.3) is 0 Å². The number of carbonyl (C=O) groups is 1. The third-order valence-electron chi connectivity index (χ3n) is 1.76. The smallest absolute Gasteiger partial charge is 0.225 e. The van der Waals surface area contributed by atoms with Crippen molar-refractivity contribution in [3.63, 3.8) is 0 Å². The normalized spacial score (nSPS) is 12.2. The summed E-state index contributed by atoms with van der Waals surface area (Å²) in [6.45, 7) is 4.58. The molecule has 0 aromatic carbocycles. The SMILES string of the molecule is C#CCNC(=O)C(CN)C(C)C. The van der Waals surface area contributed by atoms with Gasteiger partial charge in [0.25, 0.3) is 0 Å². The zero-order valence-electron chi connectivity index (χ0n) is 7.63. The van der Waals surface area contributed by atoms with Gasteiger partial charge in [0.15, 0.2) is 0 Å². The fourth-order valence-electron chi connectivity index (χ4n) is 0.951. The zero-order valence-corrected chi connectivity index (χ0v) is 7.63. The van der Waals surface area contributed by atoms with Gasteiger partial charge >= 0.3 is 0 Å². The van der Waals surface area contributed by atoms with E-state index in [0.29, 0.717) is 6.54 Å². The van der Waals surface area contributed by atoms with Gasteiger partial charge < -0.3 is 11.1 Å². The third kappa shape index (κ3) is 3.40. The summed E-state index contributed by atoms with van der Waals surface area (Å²) >= 11 is 0. The summed E-state index contributed by atoms with van der Waals surface area (Å²) < 4.78 is 0. The fourth-order valence-corrected chi connectivity index (χ4v) is 0.951. The van der Waals surface area contributed by atoms with E-state index in [2.05, 4.69) is 11.2 Å². The Hall–Kier alpha value is -1.01. The van der Waals surface area contributed by atoms with E-state index < -0.39 is 0 Å². The maximum absolute atomic E-state index is 11.3.